The van der Waals surface area contributed by atoms with E-state index in [0.717, 1.165) is 0 Å². The van der Waals surface area contributed by atoms with Crippen molar-refractivity contribution in [3.63, 3.8) is 0 Å². The molecule has 0 spiro atoms. The molecule has 0 aliphatic carbocycles. The molecule has 0 saturated heterocycles. The van der Waals surface area contributed by atoms with Crippen LogP contribution >= 0.6 is 11.6 Å². The number of nitrogens with one attached hydrogen (secondary N) is 1. The van der Waals surface area contributed by atoms with Crippen LogP contribution in [0.15, 0.2) is 18.2 Å². The van der Waals surface area contributed by atoms with Crippen LogP contribution in [0.1, 0.15) is 13.8 Å². The third-order valence-corrected chi connectivity index (χ3v) is 4.25. The average Bonchev–Trinajstić information content (AvgIpc) is 2.23. The van der Waals surface area contributed by atoms with Crippen molar-refractivity contribution >= 4 is 27.3 Å². The monoisotopic (exact) mass is 293 g/mol. The average molecular weight is 294 g/mol. The van der Waals surface area contributed by atoms with Crippen LogP contribution in [0.3, 0.4) is 0 Å². The number of hydrogen-bond acceptors (Lipinski definition) is 4. The minimum absolute atomic E-state index is 0.0504. The lowest BCUT2D eigenvalue weighted by Crippen LogP contribution is -2.35. The molecule has 0 amide bonds. The molecule has 0 fully saturated rings. The normalized spacial score (nSPS) is 12.4. The number of aromatic hydroxyl groups is 1. The molecule has 1 aromatic rings. The second-order valence-corrected chi connectivity index (χ2v) is 6.59. The van der Waals surface area contributed by atoms with Crippen LogP contribution in [0.4, 0.5) is 5.69 Å². The van der Waals surface area contributed by atoms with Gasteiger partial charge in [0, 0.05) is 7.11 Å². The fourth-order valence-electron chi connectivity index (χ4n) is 1.32. The molecule has 0 aliphatic heterocycles. The van der Waals surface area contributed by atoms with Gasteiger partial charge in [0.1, 0.15) is 0 Å². The summed E-state index contributed by atoms with van der Waals surface area (Å²) in [6.45, 7) is 3.31. The topological polar surface area (TPSA) is 75.6 Å². The summed E-state index contributed by atoms with van der Waals surface area (Å²) in [6, 6.07) is 4.44. The molecule has 0 unspecified atom stereocenters. The second kappa shape index (κ2) is 5.34. The Labute approximate surface area is 112 Å². The van der Waals surface area contributed by atoms with Crippen LogP contribution in [0.5, 0.6) is 5.75 Å². The van der Waals surface area contributed by atoms with Crippen molar-refractivity contribution in [3.05, 3.63) is 23.2 Å². The van der Waals surface area contributed by atoms with Gasteiger partial charge in [-0.2, -0.15) is 0 Å². The fourth-order valence-corrected chi connectivity index (χ4v) is 3.10. The highest BCUT2D eigenvalue weighted by Crippen LogP contribution is 2.32. The van der Waals surface area contributed by atoms with Crippen molar-refractivity contribution in [2.75, 3.05) is 17.6 Å². The number of sulfonamides is 1. The number of rotatable bonds is 5. The molecular weight excluding hydrogens is 278 g/mol. The van der Waals surface area contributed by atoms with Crippen LogP contribution in [-0.4, -0.2) is 32.0 Å². The summed E-state index contributed by atoms with van der Waals surface area (Å²) in [4.78, 5) is 0. The summed E-state index contributed by atoms with van der Waals surface area (Å²) in [5.74, 6) is -0.527. The lowest BCUT2D eigenvalue weighted by molar-refractivity contribution is 0.0426. The molecule has 0 heterocycles. The molecule has 5 nitrogen and oxygen atoms in total. The Balaban J connectivity index is 2.93. The van der Waals surface area contributed by atoms with Gasteiger partial charge in [0.05, 0.1) is 22.1 Å². The zero-order chi connectivity index (χ0) is 14.0. The molecule has 0 radical (unpaired) electrons. The molecule has 1 rings (SSSR count). The summed E-state index contributed by atoms with van der Waals surface area (Å²) in [5, 5.41) is 9.71. The number of halogens is 1. The first-order valence-corrected chi connectivity index (χ1v) is 7.23. The minimum Gasteiger partial charge on any atom is -0.504 e. The minimum atomic E-state index is -3.64. The fraction of sp³-hybridized carbons (Fsp3) is 0.455. The van der Waals surface area contributed by atoms with Gasteiger partial charge in [-0.25, -0.2) is 8.42 Å². The third kappa shape index (κ3) is 4.04. The number of anilines is 1. The summed E-state index contributed by atoms with van der Waals surface area (Å²) in [5.41, 5.74) is -0.769. The Morgan fingerprint density at radius 3 is 2.61 bits per heavy atom. The van der Waals surface area contributed by atoms with E-state index < -0.39 is 15.6 Å². The first kappa shape index (κ1) is 15.1. The summed E-state index contributed by atoms with van der Waals surface area (Å²) in [6.07, 6.45) is 0. The van der Waals surface area contributed by atoms with E-state index in [4.69, 9.17) is 16.3 Å². The number of ether oxygens (including phenoxy) is 1. The second-order valence-electron chi connectivity index (χ2n) is 4.46. The lowest BCUT2D eigenvalue weighted by Gasteiger charge is -2.23. The molecule has 0 bridgehead atoms. The largest absolute Gasteiger partial charge is 0.504 e. The van der Waals surface area contributed by atoms with Crippen molar-refractivity contribution < 1.29 is 18.3 Å². The molecular formula is C11H16ClNO4S. The van der Waals surface area contributed by atoms with Gasteiger partial charge < -0.3 is 9.84 Å². The van der Waals surface area contributed by atoms with Gasteiger partial charge >= 0.3 is 0 Å². The number of phenols is 1. The van der Waals surface area contributed by atoms with Crippen LogP contribution in [0, 0.1) is 0 Å². The number of hydrogen-bond donors (Lipinski definition) is 2. The van der Waals surface area contributed by atoms with Crippen LogP contribution in [0.2, 0.25) is 5.02 Å². The molecule has 102 valence electrons. The Morgan fingerprint density at radius 2 is 2.06 bits per heavy atom. The number of benzene rings is 1. The zero-order valence-corrected chi connectivity index (χ0v) is 12.0. The molecule has 0 saturated carbocycles. The van der Waals surface area contributed by atoms with Gasteiger partial charge in [0.25, 0.3) is 0 Å². The predicted octanol–water partition coefficient (Wildman–Crippen LogP) is 2.21. The lowest BCUT2D eigenvalue weighted by atomic mass is 10.2. The standard InChI is InChI=1S/C11H16ClNO4S/c1-11(2,17-3)7-18(15,16)13-9-6-4-5-8(12)10(9)14/h4-6,13-14H,7H2,1-3H3. The Hall–Kier alpha value is -0.980. The van der Waals surface area contributed by atoms with Crippen molar-refractivity contribution in [2.24, 2.45) is 0 Å². The Bertz CT molecular complexity index is 528. The van der Waals surface area contributed by atoms with E-state index in [-0.39, 0.29) is 22.2 Å². The van der Waals surface area contributed by atoms with Crippen molar-refractivity contribution in [1.29, 1.82) is 0 Å². The van der Waals surface area contributed by atoms with E-state index >= 15 is 0 Å². The van der Waals surface area contributed by atoms with E-state index in [2.05, 4.69) is 4.72 Å². The van der Waals surface area contributed by atoms with E-state index in [9.17, 15) is 13.5 Å². The molecule has 0 atom stereocenters. The van der Waals surface area contributed by atoms with E-state index in [1.54, 1.807) is 19.9 Å². The van der Waals surface area contributed by atoms with Crippen LogP contribution in [0.25, 0.3) is 0 Å². The highest BCUT2D eigenvalue weighted by molar-refractivity contribution is 7.92. The van der Waals surface area contributed by atoms with Gasteiger partial charge in [-0.3, -0.25) is 4.72 Å². The summed E-state index contributed by atoms with van der Waals surface area (Å²) < 4.78 is 31.1. The molecule has 2 N–H and O–H groups in total. The van der Waals surface area contributed by atoms with Crippen LogP contribution in [-0.2, 0) is 14.8 Å². The molecule has 18 heavy (non-hydrogen) atoms. The molecule has 0 aliphatic rings. The van der Waals surface area contributed by atoms with Gasteiger partial charge in [0.2, 0.25) is 10.0 Å². The third-order valence-electron chi connectivity index (χ3n) is 2.34. The zero-order valence-electron chi connectivity index (χ0n) is 10.4. The van der Waals surface area contributed by atoms with Gasteiger partial charge in [-0.1, -0.05) is 17.7 Å². The highest BCUT2D eigenvalue weighted by atomic mass is 35.5. The SMILES string of the molecule is COC(C)(C)CS(=O)(=O)Nc1cccc(Cl)c1O. The molecule has 0 aromatic heterocycles. The van der Waals surface area contributed by atoms with E-state index in [1.165, 1.54) is 19.2 Å². The van der Waals surface area contributed by atoms with Crippen molar-refractivity contribution in [2.45, 2.75) is 19.4 Å². The van der Waals surface area contributed by atoms with Crippen molar-refractivity contribution in [3.8, 4) is 5.75 Å². The summed E-state index contributed by atoms with van der Waals surface area (Å²) >= 11 is 5.69. The first-order chi connectivity index (χ1) is 8.17. The highest BCUT2D eigenvalue weighted by Gasteiger charge is 2.26. The number of methoxy groups -OCH3 is 1. The maximum absolute atomic E-state index is 11.9. The maximum atomic E-state index is 11.9. The maximum Gasteiger partial charge on any atom is 0.235 e. The molecule has 7 heteroatoms. The molecule has 1 aromatic carbocycles. The van der Waals surface area contributed by atoms with Crippen molar-refractivity contribution in [1.82, 2.24) is 0 Å². The van der Waals surface area contributed by atoms with Gasteiger partial charge in [0.15, 0.2) is 5.75 Å². The quantitative estimate of drug-likeness (QED) is 0.816. The number of phenolic OH excluding ortho intramolecular Hbond substituents is 1. The Morgan fingerprint density at radius 1 is 1.44 bits per heavy atom. The summed E-state index contributed by atoms with van der Waals surface area (Å²) in [7, 11) is -2.20. The van der Waals surface area contributed by atoms with Crippen LogP contribution < -0.4 is 4.72 Å². The predicted molar refractivity (Wildman–Crippen MR) is 71.6 cm³/mol. The van der Waals surface area contributed by atoms with Gasteiger partial charge in [-0.05, 0) is 26.0 Å². The first-order valence-electron chi connectivity index (χ1n) is 5.20. The van der Waals surface area contributed by atoms with E-state index in [0.29, 0.717) is 0 Å². The number of para-hydroxylation sites is 1. The Kier molecular flexibility index (Phi) is 4.47. The van der Waals surface area contributed by atoms with Gasteiger partial charge in [-0.15, -0.1) is 0 Å². The smallest absolute Gasteiger partial charge is 0.235 e. The van der Waals surface area contributed by atoms with E-state index in [1.807, 2.05) is 0 Å².